The number of hydrogen-bond acceptors (Lipinski definition) is 3. The van der Waals surface area contributed by atoms with Crippen LogP contribution in [0.4, 0.5) is 0 Å². The molecule has 88 valence electrons. The fourth-order valence-corrected chi connectivity index (χ4v) is 3.13. The highest BCUT2D eigenvalue weighted by molar-refractivity contribution is 7.10. The molecule has 4 nitrogen and oxygen atoms in total. The summed E-state index contributed by atoms with van der Waals surface area (Å²) in [5, 5.41) is 2.16. The van der Waals surface area contributed by atoms with E-state index in [1.807, 2.05) is 18.3 Å². The van der Waals surface area contributed by atoms with Crippen molar-refractivity contribution in [1.82, 2.24) is 10.3 Å². The second-order valence-corrected chi connectivity index (χ2v) is 4.86. The van der Waals surface area contributed by atoms with Gasteiger partial charge in [-0.3, -0.25) is 10.4 Å². The molecule has 2 heterocycles. The average Bonchev–Trinajstić information content (AvgIpc) is 2.76. The standard InChI is InChI=1S/C11H18N4S/c1-3-13-11(14-12)15-6-4-10-9(8(15)2)5-7-16-10/h5,7-8H,3-4,6,12H2,1-2H3,(H,13,14). The van der Waals surface area contributed by atoms with Gasteiger partial charge < -0.3 is 4.90 Å². The van der Waals surface area contributed by atoms with Gasteiger partial charge in [0.15, 0.2) is 0 Å². The van der Waals surface area contributed by atoms with Crippen molar-refractivity contribution in [2.75, 3.05) is 13.1 Å². The van der Waals surface area contributed by atoms with Gasteiger partial charge in [0.25, 0.3) is 0 Å². The molecule has 1 aliphatic heterocycles. The van der Waals surface area contributed by atoms with Gasteiger partial charge in [-0.1, -0.05) is 0 Å². The fraction of sp³-hybridized carbons (Fsp3) is 0.545. The van der Waals surface area contributed by atoms with Crippen molar-refractivity contribution in [1.29, 1.82) is 0 Å². The van der Waals surface area contributed by atoms with Crippen molar-refractivity contribution < 1.29 is 0 Å². The van der Waals surface area contributed by atoms with E-state index in [9.17, 15) is 0 Å². The quantitative estimate of drug-likeness (QED) is 0.337. The maximum absolute atomic E-state index is 5.53. The first kappa shape index (κ1) is 11.4. The molecule has 1 aromatic rings. The maximum atomic E-state index is 5.53. The van der Waals surface area contributed by atoms with Crippen LogP contribution in [0.1, 0.15) is 30.3 Å². The Bertz CT molecular complexity index is 385. The highest BCUT2D eigenvalue weighted by atomic mass is 32.1. The zero-order valence-corrected chi connectivity index (χ0v) is 10.5. The van der Waals surface area contributed by atoms with E-state index in [-0.39, 0.29) is 0 Å². The molecule has 0 amide bonds. The predicted molar refractivity (Wildman–Crippen MR) is 68.4 cm³/mol. The first-order valence-electron chi connectivity index (χ1n) is 5.62. The van der Waals surface area contributed by atoms with Gasteiger partial charge in [0, 0.05) is 18.0 Å². The molecule has 0 fully saturated rings. The van der Waals surface area contributed by atoms with Gasteiger partial charge in [-0.25, -0.2) is 5.84 Å². The Balaban J connectivity index is 2.24. The lowest BCUT2D eigenvalue weighted by Crippen LogP contribution is -2.48. The number of hydrazine groups is 1. The van der Waals surface area contributed by atoms with Crippen LogP contribution in [0.5, 0.6) is 0 Å². The highest BCUT2D eigenvalue weighted by Crippen LogP contribution is 2.32. The van der Waals surface area contributed by atoms with Crippen LogP contribution in [-0.4, -0.2) is 23.9 Å². The van der Waals surface area contributed by atoms with Crippen LogP contribution < -0.4 is 11.3 Å². The van der Waals surface area contributed by atoms with E-state index < -0.39 is 0 Å². The minimum absolute atomic E-state index is 0.358. The van der Waals surface area contributed by atoms with Gasteiger partial charge in [0.2, 0.25) is 5.96 Å². The molecule has 1 aliphatic rings. The molecule has 1 unspecified atom stereocenters. The third-order valence-corrected chi connectivity index (χ3v) is 3.98. The summed E-state index contributed by atoms with van der Waals surface area (Å²) >= 11 is 1.85. The molecular weight excluding hydrogens is 220 g/mol. The summed E-state index contributed by atoms with van der Waals surface area (Å²) in [5.41, 5.74) is 4.12. The van der Waals surface area contributed by atoms with E-state index in [0.29, 0.717) is 6.04 Å². The van der Waals surface area contributed by atoms with Crippen molar-refractivity contribution in [2.24, 2.45) is 10.8 Å². The molecule has 2 rings (SSSR count). The number of aliphatic imine (C=N–C) groups is 1. The third kappa shape index (κ3) is 1.92. The lowest BCUT2D eigenvalue weighted by molar-refractivity contribution is 0.310. The molecule has 0 bridgehead atoms. The number of nitrogens with zero attached hydrogens (tertiary/aromatic N) is 2. The highest BCUT2D eigenvalue weighted by Gasteiger charge is 2.26. The Labute approximate surface area is 100 Å². The summed E-state index contributed by atoms with van der Waals surface area (Å²) in [7, 11) is 0. The van der Waals surface area contributed by atoms with E-state index in [0.717, 1.165) is 25.5 Å². The Morgan fingerprint density at radius 3 is 3.25 bits per heavy atom. The minimum Gasteiger partial charge on any atom is -0.335 e. The molecule has 16 heavy (non-hydrogen) atoms. The molecule has 0 saturated carbocycles. The Morgan fingerprint density at radius 2 is 2.56 bits per heavy atom. The molecular formula is C11H18N4S. The fourth-order valence-electron chi connectivity index (χ4n) is 2.17. The number of hydrogen-bond donors (Lipinski definition) is 2. The van der Waals surface area contributed by atoms with Crippen LogP contribution in [0.25, 0.3) is 0 Å². The van der Waals surface area contributed by atoms with Gasteiger partial charge in [-0.05, 0) is 37.3 Å². The molecule has 0 radical (unpaired) electrons. The minimum atomic E-state index is 0.358. The average molecular weight is 238 g/mol. The van der Waals surface area contributed by atoms with Gasteiger partial charge >= 0.3 is 0 Å². The van der Waals surface area contributed by atoms with Gasteiger partial charge in [0.05, 0.1) is 6.04 Å². The van der Waals surface area contributed by atoms with Crippen LogP contribution >= 0.6 is 11.3 Å². The van der Waals surface area contributed by atoms with Crippen LogP contribution in [0.2, 0.25) is 0 Å². The molecule has 3 N–H and O–H groups in total. The molecule has 1 atom stereocenters. The lowest BCUT2D eigenvalue weighted by atomic mass is 10.0. The van der Waals surface area contributed by atoms with Crippen LogP contribution in [0, 0.1) is 0 Å². The Hall–Kier alpha value is -1.07. The maximum Gasteiger partial charge on any atom is 0.208 e. The Morgan fingerprint density at radius 1 is 1.75 bits per heavy atom. The normalized spacial score (nSPS) is 20.8. The summed E-state index contributed by atoms with van der Waals surface area (Å²) in [5.74, 6) is 6.33. The zero-order chi connectivity index (χ0) is 11.5. The Kier molecular flexibility index (Phi) is 3.46. The van der Waals surface area contributed by atoms with E-state index in [2.05, 4.69) is 33.7 Å². The second kappa shape index (κ2) is 4.84. The number of thiophene rings is 1. The van der Waals surface area contributed by atoms with Crippen LogP contribution in [-0.2, 0) is 6.42 Å². The van der Waals surface area contributed by atoms with E-state index in [1.165, 1.54) is 10.4 Å². The van der Waals surface area contributed by atoms with E-state index in [4.69, 9.17) is 5.84 Å². The van der Waals surface area contributed by atoms with Gasteiger partial charge in [-0.15, -0.1) is 11.3 Å². The van der Waals surface area contributed by atoms with Crippen LogP contribution in [0.15, 0.2) is 16.4 Å². The molecule has 5 heteroatoms. The monoisotopic (exact) mass is 238 g/mol. The first-order valence-corrected chi connectivity index (χ1v) is 6.49. The molecule has 0 aliphatic carbocycles. The SMILES string of the molecule is CCN=C(NN)N1CCc2sccc2C1C. The summed E-state index contributed by atoms with van der Waals surface area (Å²) in [6, 6.07) is 2.56. The summed E-state index contributed by atoms with van der Waals surface area (Å²) in [4.78, 5) is 8.12. The molecule has 0 spiro atoms. The second-order valence-electron chi connectivity index (χ2n) is 3.86. The largest absolute Gasteiger partial charge is 0.335 e. The smallest absolute Gasteiger partial charge is 0.208 e. The number of fused-ring (bicyclic) bond motifs is 1. The van der Waals surface area contributed by atoms with Gasteiger partial charge in [-0.2, -0.15) is 0 Å². The number of guanidine groups is 1. The third-order valence-electron chi connectivity index (χ3n) is 2.99. The predicted octanol–water partition coefficient (Wildman–Crippen LogP) is 1.51. The van der Waals surface area contributed by atoms with E-state index in [1.54, 1.807) is 0 Å². The summed E-state index contributed by atoms with van der Waals surface area (Å²) in [6.07, 6.45) is 1.09. The summed E-state index contributed by atoms with van der Waals surface area (Å²) in [6.45, 7) is 5.95. The van der Waals surface area contributed by atoms with Crippen molar-refractivity contribution >= 4 is 17.3 Å². The molecule has 0 saturated heterocycles. The van der Waals surface area contributed by atoms with Crippen molar-refractivity contribution in [2.45, 2.75) is 26.3 Å². The molecule has 0 aromatic carbocycles. The van der Waals surface area contributed by atoms with Crippen molar-refractivity contribution in [3.05, 3.63) is 21.9 Å². The van der Waals surface area contributed by atoms with Crippen molar-refractivity contribution in [3.63, 3.8) is 0 Å². The summed E-state index contributed by atoms with van der Waals surface area (Å²) < 4.78 is 0. The lowest BCUT2D eigenvalue weighted by Gasteiger charge is -2.35. The van der Waals surface area contributed by atoms with Gasteiger partial charge in [0.1, 0.15) is 0 Å². The number of nitrogens with one attached hydrogen (secondary N) is 1. The number of rotatable bonds is 1. The van der Waals surface area contributed by atoms with Crippen molar-refractivity contribution in [3.8, 4) is 0 Å². The zero-order valence-electron chi connectivity index (χ0n) is 9.73. The van der Waals surface area contributed by atoms with E-state index >= 15 is 0 Å². The first-order chi connectivity index (χ1) is 7.77. The molecule has 1 aromatic heterocycles. The topological polar surface area (TPSA) is 53.6 Å². The van der Waals surface area contributed by atoms with Crippen LogP contribution in [0.3, 0.4) is 0 Å². The number of nitrogens with two attached hydrogens (primary N) is 1.